The third kappa shape index (κ3) is 3.29. The number of hydrogen-bond acceptors (Lipinski definition) is 3. The lowest BCUT2D eigenvalue weighted by Gasteiger charge is -2.40. The molecule has 0 aliphatic carbocycles. The molecule has 0 spiro atoms. The number of hydrogen-bond donors (Lipinski definition) is 3. The van der Waals surface area contributed by atoms with Crippen molar-refractivity contribution in [2.75, 3.05) is 13.1 Å². The van der Waals surface area contributed by atoms with Crippen LogP contribution in [0.25, 0.3) is 0 Å². The summed E-state index contributed by atoms with van der Waals surface area (Å²) in [7, 11) is 0. The third-order valence-electron chi connectivity index (χ3n) is 4.73. The Kier molecular flexibility index (Phi) is 4.86. The molecule has 1 fully saturated rings. The van der Waals surface area contributed by atoms with Crippen molar-refractivity contribution in [1.82, 2.24) is 10.6 Å². The molecule has 3 N–H and O–H groups in total. The van der Waals surface area contributed by atoms with Crippen LogP contribution in [0.15, 0.2) is 12.1 Å². The van der Waals surface area contributed by atoms with E-state index in [0.29, 0.717) is 11.1 Å². The lowest BCUT2D eigenvalue weighted by Crippen LogP contribution is -2.67. The van der Waals surface area contributed by atoms with E-state index in [1.165, 1.54) is 12.1 Å². The molecule has 146 valence electrons. The van der Waals surface area contributed by atoms with E-state index in [-0.39, 0.29) is 24.4 Å². The number of rotatable bonds is 1. The molecular weight excluding hydrogens is 345 g/mol. The summed E-state index contributed by atoms with van der Waals surface area (Å²) in [6.45, 7) is 11.0. The monoisotopic (exact) mass is 372 g/mol. The zero-order valence-corrected chi connectivity index (χ0v) is 16.1. The Morgan fingerprint density at radius 2 is 1.42 bits per heavy atom. The van der Waals surface area contributed by atoms with Gasteiger partial charge in [0.1, 0.15) is 5.75 Å². The number of alkyl halides is 3. The fourth-order valence-corrected chi connectivity index (χ4v) is 3.26. The molecule has 1 aliphatic rings. The van der Waals surface area contributed by atoms with Gasteiger partial charge in [0.05, 0.1) is 0 Å². The number of phenols is 1. The first kappa shape index (κ1) is 20.6. The predicted molar refractivity (Wildman–Crippen MR) is 94.3 cm³/mol. The van der Waals surface area contributed by atoms with Gasteiger partial charge in [0.2, 0.25) is 5.54 Å². The third-order valence-corrected chi connectivity index (χ3v) is 4.73. The summed E-state index contributed by atoms with van der Waals surface area (Å²) in [6.07, 6.45) is -4.83. The number of nitrogens with one attached hydrogen (secondary N) is 2. The Morgan fingerprint density at radius 3 is 1.77 bits per heavy atom. The Balaban J connectivity index is 2.88. The number of carbonyl (C=O) groups excluding carboxylic acids is 1. The number of phenolic OH excluding ortho intramolecular Hbond substituents is 1. The number of amides is 1. The number of benzene rings is 1. The van der Waals surface area contributed by atoms with Gasteiger partial charge >= 0.3 is 6.18 Å². The fraction of sp³-hybridized carbons (Fsp3) is 0.632. The van der Waals surface area contributed by atoms with Crippen molar-refractivity contribution in [1.29, 1.82) is 0 Å². The zero-order valence-electron chi connectivity index (χ0n) is 16.1. The molecule has 26 heavy (non-hydrogen) atoms. The average molecular weight is 372 g/mol. The minimum atomic E-state index is -4.83. The quantitative estimate of drug-likeness (QED) is 0.707. The van der Waals surface area contributed by atoms with Gasteiger partial charge in [-0.25, -0.2) is 0 Å². The summed E-state index contributed by atoms with van der Waals surface area (Å²) in [5, 5.41) is 15.5. The Labute approximate surface area is 152 Å². The Bertz CT molecular complexity index is 680. The standard InChI is InChI=1S/C19H27F3N2O2/c1-16(2,3)12-9-11(10-13(14(12)25)17(4,5)6)18(19(20,21)22)15(26)23-7-8-24-18/h9-10,24-25H,7-8H2,1-6H3,(H,23,26)/t18-/m0/s1. The molecule has 1 saturated heterocycles. The molecule has 1 aromatic carbocycles. The van der Waals surface area contributed by atoms with E-state index in [9.17, 15) is 23.1 Å². The summed E-state index contributed by atoms with van der Waals surface area (Å²) >= 11 is 0. The molecule has 4 nitrogen and oxygen atoms in total. The van der Waals surface area contributed by atoms with Crippen molar-refractivity contribution < 1.29 is 23.1 Å². The van der Waals surface area contributed by atoms with Crippen LogP contribution in [0.1, 0.15) is 58.2 Å². The van der Waals surface area contributed by atoms with Crippen LogP contribution in [0.4, 0.5) is 13.2 Å². The van der Waals surface area contributed by atoms with Gasteiger partial charge in [-0.1, -0.05) is 41.5 Å². The first-order valence-electron chi connectivity index (χ1n) is 8.61. The van der Waals surface area contributed by atoms with E-state index in [4.69, 9.17) is 0 Å². The smallest absolute Gasteiger partial charge is 0.419 e. The summed E-state index contributed by atoms with van der Waals surface area (Å²) in [6, 6.07) is 2.60. The molecule has 1 atom stereocenters. The molecule has 1 heterocycles. The number of piperazine rings is 1. The van der Waals surface area contributed by atoms with Crippen molar-refractivity contribution in [2.24, 2.45) is 0 Å². The second-order valence-electron chi connectivity index (χ2n) is 8.85. The van der Waals surface area contributed by atoms with Gasteiger partial charge in [-0.15, -0.1) is 0 Å². The average Bonchev–Trinajstić information content (AvgIpc) is 2.44. The maximum atomic E-state index is 14.1. The van der Waals surface area contributed by atoms with E-state index < -0.39 is 28.5 Å². The molecule has 0 saturated carbocycles. The highest BCUT2D eigenvalue weighted by Crippen LogP contribution is 2.46. The van der Waals surface area contributed by atoms with Gasteiger partial charge in [-0.2, -0.15) is 13.2 Å². The van der Waals surface area contributed by atoms with Crippen LogP contribution in [0.3, 0.4) is 0 Å². The van der Waals surface area contributed by atoms with Crippen LogP contribution < -0.4 is 10.6 Å². The first-order valence-corrected chi connectivity index (χ1v) is 8.61. The molecule has 0 radical (unpaired) electrons. The van der Waals surface area contributed by atoms with E-state index in [2.05, 4.69) is 10.6 Å². The molecule has 1 aromatic rings. The number of halogens is 3. The van der Waals surface area contributed by atoms with Crippen molar-refractivity contribution in [3.05, 3.63) is 28.8 Å². The highest BCUT2D eigenvalue weighted by Gasteiger charge is 2.62. The van der Waals surface area contributed by atoms with Gasteiger partial charge < -0.3 is 10.4 Å². The highest BCUT2D eigenvalue weighted by atomic mass is 19.4. The molecule has 1 amide bonds. The van der Waals surface area contributed by atoms with Gasteiger partial charge in [0.15, 0.2) is 0 Å². The molecule has 7 heteroatoms. The van der Waals surface area contributed by atoms with Crippen LogP contribution in [0.5, 0.6) is 5.75 Å². The topological polar surface area (TPSA) is 61.4 Å². The van der Waals surface area contributed by atoms with Crippen LogP contribution in [0, 0.1) is 0 Å². The molecule has 1 aliphatic heterocycles. The van der Waals surface area contributed by atoms with E-state index in [1.54, 1.807) is 0 Å². The maximum Gasteiger partial charge on any atom is 0.419 e. The largest absolute Gasteiger partial charge is 0.507 e. The molecule has 2 rings (SSSR count). The van der Waals surface area contributed by atoms with Gasteiger partial charge in [0, 0.05) is 13.1 Å². The van der Waals surface area contributed by atoms with E-state index >= 15 is 0 Å². The SMILES string of the molecule is CC(C)(C)c1cc([C@]2(C(F)(F)F)NCCNC2=O)cc(C(C)(C)C)c1O. The maximum absolute atomic E-state index is 14.1. The van der Waals surface area contributed by atoms with Gasteiger partial charge in [-0.3, -0.25) is 10.1 Å². The second kappa shape index (κ2) is 6.15. The fourth-order valence-electron chi connectivity index (χ4n) is 3.26. The lowest BCUT2D eigenvalue weighted by molar-refractivity contribution is -0.206. The van der Waals surface area contributed by atoms with Crippen molar-refractivity contribution >= 4 is 5.91 Å². The van der Waals surface area contributed by atoms with Crippen molar-refractivity contribution in [3.8, 4) is 5.75 Å². The van der Waals surface area contributed by atoms with Crippen LogP contribution >= 0.6 is 0 Å². The summed E-state index contributed by atoms with van der Waals surface area (Å²) in [5.41, 5.74) is -3.48. The van der Waals surface area contributed by atoms with E-state index in [1.807, 2.05) is 41.5 Å². The Morgan fingerprint density at radius 1 is 0.962 bits per heavy atom. The number of carbonyl (C=O) groups is 1. The normalized spacial score (nSPS) is 22.3. The molecule has 0 bridgehead atoms. The lowest BCUT2D eigenvalue weighted by atomic mass is 9.75. The van der Waals surface area contributed by atoms with E-state index in [0.717, 1.165) is 0 Å². The first-order chi connectivity index (χ1) is 11.6. The minimum absolute atomic E-state index is 0.00181. The molecule has 0 unspecified atom stereocenters. The van der Waals surface area contributed by atoms with Crippen LogP contribution in [0.2, 0.25) is 0 Å². The summed E-state index contributed by atoms with van der Waals surface area (Å²) in [4.78, 5) is 12.4. The molecular formula is C19H27F3N2O2. The van der Waals surface area contributed by atoms with Crippen LogP contribution in [-0.2, 0) is 21.2 Å². The second-order valence-corrected chi connectivity index (χ2v) is 8.85. The van der Waals surface area contributed by atoms with Crippen LogP contribution in [-0.4, -0.2) is 30.3 Å². The van der Waals surface area contributed by atoms with Crippen molar-refractivity contribution in [3.63, 3.8) is 0 Å². The van der Waals surface area contributed by atoms with Gasteiger partial charge in [-0.05, 0) is 39.7 Å². The number of aromatic hydroxyl groups is 1. The summed E-state index contributed by atoms with van der Waals surface area (Å²) in [5.74, 6) is -1.15. The van der Waals surface area contributed by atoms with Gasteiger partial charge in [0.25, 0.3) is 5.91 Å². The van der Waals surface area contributed by atoms with Crippen molar-refractivity contribution in [2.45, 2.75) is 64.1 Å². The zero-order chi connectivity index (χ0) is 20.1. The Hall–Kier alpha value is -1.76. The highest BCUT2D eigenvalue weighted by molar-refractivity contribution is 5.90. The summed E-state index contributed by atoms with van der Waals surface area (Å²) < 4.78 is 42.3. The molecule has 0 aromatic heterocycles. The predicted octanol–water partition coefficient (Wildman–Crippen LogP) is 3.46. The minimum Gasteiger partial charge on any atom is -0.507 e.